The minimum atomic E-state index is 1.28. The minimum absolute atomic E-state index is 1.28. The summed E-state index contributed by atoms with van der Waals surface area (Å²) in [5.41, 5.74) is 2.57. The monoisotopic (exact) mass is 204 g/mol. The van der Waals surface area contributed by atoms with E-state index in [1.54, 1.807) is 0 Å². The van der Waals surface area contributed by atoms with E-state index in [2.05, 4.69) is 72.9 Å². The van der Waals surface area contributed by atoms with Crippen LogP contribution in [0.4, 0.5) is 0 Å². The van der Waals surface area contributed by atoms with Gasteiger partial charge in [-0.1, -0.05) is 72.9 Å². The Balaban J connectivity index is 2.17. The van der Waals surface area contributed by atoms with Crippen LogP contribution >= 0.6 is 0 Å². The molecule has 0 heteroatoms. The Kier molecular flexibility index (Phi) is 2.19. The normalized spacial score (nSPS) is 16.8. The summed E-state index contributed by atoms with van der Waals surface area (Å²) >= 11 is 0. The molecule has 0 fully saturated rings. The molecule has 76 valence electrons. The van der Waals surface area contributed by atoms with Crippen molar-refractivity contribution in [1.29, 1.82) is 0 Å². The van der Waals surface area contributed by atoms with Crippen molar-refractivity contribution in [3.8, 4) is 0 Å². The fraction of sp³-hybridized carbons (Fsp3) is 0. The Morgan fingerprint density at radius 3 is 1.06 bits per heavy atom. The van der Waals surface area contributed by atoms with Gasteiger partial charge in [0, 0.05) is 0 Å². The van der Waals surface area contributed by atoms with Gasteiger partial charge in [0.05, 0.1) is 0 Å². The molecule has 0 spiro atoms. The topological polar surface area (TPSA) is 0 Å². The highest BCUT2D eigenvalue weighted by Crippen LogP contribution is 2.07. The molecule has 0 atom stereocenters. The molecule has 0 radical (unpaired) electrons. The van der Waals surface area contributed by atoms with Crippen molar-refractivity contribution in [1.82, 2.24) is 0 Å². The number of hydrogen-bond acceptors (Lipinski definition) is 0. The summed E-state index contributed by atoms with van der Waals surface area (Å²) in [6, 6.07) is 8.71. The summed E-state index contributed by atoms with van der Waals surface area (Å²) in [5, 5.41) is 2.56. The lowest BCUT2D eigenvalue weighted by Gasteiger charge is -1.94. The van der Waals surface area contributed by atoms with E-state index < -0.39 is 0 Å². The van der Waals surface area contributed by atoms with Crippen molar-refractivity contribution in [3.63, 3.8) is 0 Å². The van der Waals surface area contributed by atoms with E-state index in [4.69, 9.17) is 0 Å². The zero-order valence-corrected chi connectivity index (χ0v) is 8.93. The third-order valence-electron chi connectivity index (χ3n) is 2.88. The van der Waals surface area contributed by atoms with Crippen LogP contribution in [0, 0.1) is 0 Å². The van der Waals surface area contributed by atoms with Gasteiger partial charge < -0.3 is 0 Å². The molecule has 0 amide bonds. The molecule has 2 aliphatic carbocycles. The maximum absolute atomic E-state index is 2.18. The quantitative estimate of drug-likeness (QED) is 0.608. The average molecular weight is 204 g/mol. The maximum atomic E-state index is 2.18. The average Bonchev–Trinajstić information content (AvgIpc) is 3.03. The van der Waals surface area contributed by atoms with E-state index in [1.807, 2.05) is 0 Å². The fourth-order valence-electron chi connectivity index (χ4n) is 1.99. The lowest BCUT2D eigenvalue weighted by Crippen LogP contribution is -2.10. The first-order valence-electron chi connectivity index (χ1n) is 5.48. The van der Waals surface area contributed by atoms with Crippen molar-refractivity contribution in [2.24, 2.45) is 0 Å². The second kappa shape index (κ2) is 3.82. The molecule has 3 rings (SSSR count). The summed E-state index contributed by atoms with van der Waals surface area (Å²) in [6.07, 6.45) is 16.8. The van der Waals surface area contributed by atoms with E-state index in [0.29, 0.717) is 0 Å². The van der Waals surface area contributed by atoms with Crippen LogP contribution in [-0.2, 0) is 0 Å². The molecule has 0 nitrogen and oxygen atoms in total. The van der Waals surface area contributed by atoms with Crippen LogP contribution in [-0.4, -0.2) is 0 Å². The maximum Gasteiger partial charge on any atom is -0.0184 e. The molecule has 0 unspecified atom stereocenters. The van der Waals surface area contributed by atoms with Crippen LogP contribution in [0.15, 0.2) is 72.9 Å². The minimum Gasteiger partial charge on any atom is -0.0616 e. The lowest BCUT2D eigenvalue weighted by atomic mass is 10.1. The first kappa shape index (κ1) is 9.17. The predicted molar refractivity (Wildman–Crippen MR) is 69.1 cm³/mol. The molecule has 1 aromatic carbocycles. The van der Waals surface area contributed by atoms with Crippen molar-refractivity contribution in [2.45, 2.75) is 0 Å². The Morgan fingerprint density at radius 1 is 0.438 bits per heavy atom. The lowest BCUT2D eigenvalue weighted by molar-refractivity contribution is 1.52. The predicted octanol–water partition coefficient (Wildman–Crippen LogP) is 2.24. The van der Waals surface area contributed by atoms with Gasteiger partial charge in [-0.05, 0) is 21.6 Å². The molecular formula is C16H12. The van der Waals surface area contributed by atoms with E-state index >= 15 is 0 Å². The van der Waals surface area contributed by atoms with E-state index in [1.165, 1.54) is 21.6 Å². The molecule has 0 saturated heterocycles. The largest absolute Gasteiger partial charge is 0.0616 e. The molecular weight excluding hydrogens is 192 g/mol. The van der Waals surface area contributed by atoms with Gasteiger partial charge in [0.15, 0.2) is 0 Å². The zero-order chi connectivity index (χ0) is 10.8. The van der Waals surface area contributed by atoms with Crippen molar-refractivity contribution < 1.29 is 0 Å². The summed E-state index contributed by atoms with van der Waals surface area (Å²) in [5.74, 6) is 0. The van der Waals surface area contributed by atoms with Crippen molar-refractivity contribution in [2.75, 3.05) is 0 Å². The molecule has 0 saturated carbocycles. The smallest absolute Gasteiger partial charge is 0.0184 e. The third-order valence-corrected chi connectivity index (χ3v) is 2.88. The summed E-state index contributed by atoms with van der Waals surface area (Å²) < 4.78 is 0. The Bertz CT molecular complexity index is 539. The van der Waals surface area contributed by atoms with Crippen LogP contribution in [0.2, 0.25) is 0 Å². The van der Waals surface area contributed by atoms with Gasteiger partial charge in [-0.2, -0.15) is 0 Å². The molecule has 2 aliphatic rings. The molecule has 16 heavy (non-hydrogen) atoms. The number of allylic oxidation sites excluding steroid dienone is 8. The van der Waals surface area contributed by atoms with Gasteiger partial charge in [-0.3, -0.25) is 0 Å². The van der Waals surface area contributed by atoms with Crippen molar-refractivity contribution >= 4 is 11.1 Å². The Labute approximate surface area is 94.9 Å². The van der Waals surface area contributed by atoms with Gasteiger partial charge in [0.25, 0.3) is 0 Å². The summed E-state index contributed by atoms with van der Waals surface area (Å²) in [7, 11) is 0. The molecule has 0 aromatic heterocycles. The highest BCUT2D eigenvalue weighted by Gasteiger charge is 1.95. The molecule has 1 aromatic rings. The molecule has 0 aliphatic heterocycles. The van der Waals surface area contributed by atoms with Crippen LogP contribution in [0.3, 0.4) is 0 Å². The zero-order valence-electron chi connectivity index (χ0n) is 8.93. The van der Waals surface area contributed by atoms with Crippen LogP contribution < -0.4 is 10.4 Å². The van der Waals surface area contributed by atoms with Gasteiger partial charge in [-0.25, -0.2) is 0 Å². The van der Waals surface area contributed by atoms with Crippen molar-refractivity contribution in [3.05, 3.63) is 83.3 Å². The second-order valence-corrected chi connectivity index (χ2v) is 3.92. The highest BCUT2D eigenvalue weighted by molar-refractivity contribution is 5.72. The molecule has 0 heterocycles. The molecule has 0 bridgehead atoms. The SMILES string of the molecule is C1=CC(=c2ccc(=C3C=CC=C3)cc2)C=C1. The van der Waals surface area contributed by atoms with Gasteiger partial charge >= 0.3 is 0 Å². The highest BCUT2D eigenvalue weighted by atomic mass is 14.0. The fourth-order valence-corrected chi connectivity index (χ4v) is 1.99. The first-order valence-corrected chi connectivity index (χ1v) is 5.48. The Hall–Kier alpha value is -2.08. The second-order valence-electron chi connectivity index (χ2n) is 3.92. The van der Waals surface area contributed by atoms with Gasteiger partial charge in [0.2, 0.25) is 0 Å². The standard InChI is InChI=1S/C16H12/c1-2-6-13(5-1)15-9-11-16(12-10-15)14-7-3-4-8-14/h1-12H. The Morgan fingerprint density at radius 2 is 0.750 bits per heavy atom. The van der Waals surface area contributed by atoms with Crippen LogP contribution in [0.5, 0.6) is 0 Å². The summed E-state index contributed by atoms with van der Waals surface area (Å²) in [4.78, 5) is 0. The molecule has 0 N–H and O–H groups in total. The van der Waals surface area contributed by atoms with E-state index in [0.717, 1.165) is 0 Å². The van der Waals surface area contributed by atoms with E-state index in [9.17, 15) is 0 Å². The van der Waals surface area contributed by atoms with Gasteiger partial charge in [0.1, 0.15) is 0 Å². The first-order chi connectivity index (χ1) is 7.93. The third kappa shape index (κ3) is 1.59. The van der Waals surface area contributed by atoms with Crippen LogP contribution in [0.1, 0.15) is 0 Å². The number of hydrogen-bond donors (Lipinski definition) is 0. The number of rotatable bonds is 0. The number of benzene rings is 1. The van der Waals surface area contributed by atoms with Crippen LogP contribution in [0.25, 0.3) is 11.1 Å². The summed E-state index contributed by atoms with van der Waals surface area (Å²) in [6.45, 7) is 0. The van der Waals surface area contributed by atoms with Gasteiger partial charge in [-0.15, -0.1) is 0 Å². The van der Waals surface area contributed by atoms with E-state index in [-0.39, 0.29) is 0 Å².